The zero-order valence-electron chi connectivity index (χ0n) is 11.2. The Labute approximate surface area is 125 Å². The molecule has 6 nitrogen and oxygen atoms in total. The maximum Gasteiger partial charge on any atom is 0.305 e. The zero-order valence-corrected chi connectivity index (χ0v) is 12.0. The third-order valence-corrected chi connectivity index (χ3v) is 4.48. The van der Waals surface area contributed by atoms with Crippen LogP contribution < -0.4 is 0 Å². The average Bonchev–Trinajstić information content (AvgIpc) is 2.42. The van der Waals surface area contributed by atoms with Crippen LogP contribution in [0.2, 0.25) is 0 Å². The van der Waals surface area contributed by atoms with E-state index in [4.69, 9.17) is 5.11 Å². The second-order valence-corrected chi connectivity index (χ2v) is 5.95. The number of halogens is 1. The van der Waals surface area contributed by atoms with Crippen molar-refractivity contribution in [3.05, 3.63) is 39.7 Å². The summed E-state index contributed by atoms with van der Waals surface area (Å²) < 4.78 is 14.1. The second-order valence-electron chi connectivity index (χ2n) is 4.80. The number of thioether (sulfide) groups is 1. The average molecular weight is 314 g/mol. The van der Waals surface area contributed by atoms with Crippen molar-refractivity contribution in [2.75, 3.05) is 18.1 Å². The summed E-state index contributed by atoms with van der Waals surface area (Å²) in [6.07, 6.45) is -0.0104. The van der Waals surface area contributed by atoms with Crippen LogP contribution in [-0.2, 0) is 11.3 Å². The molecule has 0 aromatic heterocycles. The van der Waals surface area contributed by atoms with Gasteiger partial charge in [0.1, 0.15) is 0 Å². The van der Waals surface area contributed by atoms with E-state index >= 15 is 0 Å². The highest BCUT2D eigenvalue weighted by Gasteiger charge is 2.27. The Balaban J connectivity index is 2.17. The van der Waals surface area contributed by atoms with Gasteiger partial charge in [-0.3, -0.25) is 19.8 Å². The molecule has 8 heteroatoms. The highest BCUT2D eigenvalue weighted by atomic mass is 32.2. The molecule has 1 unspecified atom stereocenters. The molecular weight excluding hydrogens is 299 g/mol. The Morgan fingerprint density at radius 1 is 1.57 bits per heavy atom. The van der Waals surface area contributed by atoms with Gasteiger partial charge in [0.15, 0.2) is 0 Å². The first kappa shape index (κ1) is 15.7. The SMILES string of the molecule is O=C(O)CC1CSCCN1Cc1cccc([N+](=O)[O-])c1F. The lowest BCUT2D eigenvalue weighted by molar-refractivity contribution is -0.387. The summed E-state index contributed by atoms with van der Waals surface area (Å²) in [7, 11) is 0. The Kier molecular flexibility index (Phi) is 5.13. The number of hydrogen-bond acceptors (Lipinski definition) is 5. The van der Waals surface area contributed by atoms with Crippen LogP contribution in [0.1, 0.15) is 12.0 Å². The molecule has 0 spiro atoms. The summed E-state index contributed by atoms with van der Waals surface area (Å²) in [6.45, 7) is 0.830. The molecule has 0 saturated carbocycles. The maximum absolute atomic E-state index is 14.1. The van der Waals surface area contributed by atoms with E-state index in [9.17, 15) is 19.3 Å². The lowest BCUT2D eigenvalue weighted by atomic mass is 10.1. The van der Waals surface area contributed by atoms with Crippen molar-refractivity contribution >= 4 is 23.4 Å². The van der Waals surface area contributed by atoms with Crippen LogP contribution in [0.25, 0.3) is 0 Å². The molecule has 0 radical (unpaired) electrons. The minimum absolute atomic E-state index is 0.0104. The number of nitro groups is 1. The van der Waals surface area contributed by atoms with Gasteiger partial charge >= 0.3 is 11.7 Å². The summed E-state index contributed by atoms with van der Waals surface area (Å²) >= 11 is 1.66. The topological polar surface area (TPSA) is 83.7 Å². The molecule has 0 amide bonds. The lowest BCUT2D eigenvalue weighted by Crippen LogP contribution is -2.43. The molecule has 1 N–H and O–H groups in total. The number of nitro benzene ring substituents is 1. The van der Waals surface area contributed by atoms with Gasteiger partial charge in [-0.25, -0.2) is 0 Å². The number of carbonyl (C=O) groups is 1. The van der Waals surface area contributed by atoms with Crippen LogP contribution in [0.5, 0.6) is 0 Å². The Bertz CT molecular complexity index is 555. The summed E-state index contributed by atoms with van der Waals surface area (Å²) in [5.41, 5.74) is -0.319. The monoisotopic (exact) mass is 314 g/mol. The molecular formula is C13H15FN2O4S. The van der Waals surface area contributed by atoms with Gasteiger partial charge in [-0.2, -0.15) is 16.2 Å². The van der Waals surface area contributed by atoms with Gasteiger partial charge in [0, 0.05) is 42.3 Å². The number of carboxylic acid groups (broad SMARTS) is 1. The van der Waals surface area contributed by atoms with Gasteiger partial charge in [0.25, 0.3) is 0 Å². The van der Waals surface area contributed by atoms with Crippen LogP contribution in [0.4, 0.5) is 10.1 Å². The van der Waals surface area contributed by atoms with E-state index in [1.54, 1.807) is 11.8 Å². The molecule has 1 aromatic rings. The van der Waals surface area contributed by atoms with E-state index in [1.807, 2.05) is 4.90 Å². The number of aliphatic carboxylic acids is 1. The summed E-state index contributed by atoms with van der Waals surface area (Å²) in [6, 6.07) is 3.89. The predicted molar refractivity (Wildman–Crippen MR) is 76.8 cm³/mol. The van der Waals surface area contributed by atoms with Crippen molar-refractivity contribution in [1.29, 1.82) is 0 Å². The number of hydrogen-bond donors (Lipinski definition) is 1. The van der Waals surface area contributed by atoms with E-state index in [1.165, 1.54) is 12.1 Å². The zero-order chi connectivity index (χ0) is 15.4. The lowest BCUT2D eigenvalue weighted by Gasteiger charge is -2.34. The third kappa shape index (κ3) is 3.92. The van der Waals surface area contributed by atoms with Crippen LogP contribution in [0, 0.1) is 15.9 Å². The highest BCUT2D eigenvalue weighted by molar-refractivity contribution is 7.99. The fourth-order valence-corrected chi connectivity index (χ4v) is 3.47. The van der Waals surface area contributed by atoms with E-state index in [0.29, 0.717) is 12.3 Å². The smallest absolute Gasteiger partial charge is 0.305 e. The predicted octanol–water partition coefficient (Wildman–Crippen LogP) is 2.13. The molecule has 1 aliphatic heterocycles. The summed E-state index contributed by atoms with van der Waals surface area (Å²) in [5, 5.41) is 19.7. The normalized spacial score (nSPS) is 19.4. The first-order chi connectivity index (χ1) is 9.99. The molecule has 1 aromatic carbocycles. The quantitative estimate of drug-likeness (QED) is 0.662. The Hall–Kier alpha value is -1.67. The number of nitrogens with zero attached hydrogens (tertiary/aromatic N) is 2. The van der Waals surface area contributed by atoms with Crippen LogP contribution >= 0.6 is 11.8 Å². The fourth-order valence-electron chi connectivity index (χ4n) is 2.34. The summed E-state index contributed by atoms with van der Waals surface area (Å²) in [5.74, 6) is -0.225. The van der Waals surface area contributed by atoms with Gasteiger partial charge < -0.3 is 5.11 Å². The van der Waals surface area contributed by atoms with Crippen molar-refractivity contribution in [1.82, 2.24) is 4.90 Å². The van der Waals surface area contributed by atoms with E-state index in [0.717, 1.165) is 11.8 Å². The molecule has 21 heavy (non-hydrogen) atoms. The summed E-state index contributed by atoms with van der Waals surface area (Å²) in [4.78, 5) is 22.8. The highest BCUT2D eigenvalue weighted by Crippen LogP contribution is 2.25. The standard InChI is InChI=1S/C13H15FN2O4S/c14-13-9(2-1-3-11(13)16(19)20)7-15-4-5-21-8-10(15)6-12(17)18/h1-3,10H,4-8H2,(H,17,18). The van der Waals surface area contributed by atoms with Crippen LogP contribution in [-0.4, -0.2) is 45.0 Å². The van der Waals surface area contributed by atoms with Crippen molar-refractivity contribution in [2.45, 2.75) is 19.0 Å². The van der Waals surface area contributed by atoms with Crippen molar-refractivity contribution in [2.24, 2.45) is 0 Å². The molecule has 1 aliphatic rings. The Morgan fingerprint density at radius 2 is 2.33 bits per heavy atom. The molecule has 1 atom stereocenters. The number of benzene rings is 1. The van der Waals surface area contributed by atoms with Gasteiger partial charge in [0.05, 0.1) is 11.3 Å². The largest absolute Gasteiger partial charge is 0.481 e. The first-order valence-corrected chi connectivity index (χ1v) is 7.60. The van der Waals surface area contributed by atoms with Crippen molar-refractivity contribution < 1.29 is 19.2 Å². The van der Waals surface area contributed by atoms with Crippen LogP contribution in [0.15, 0.2) is 18.2 Å². The molecule has 1 heterocycles. The minimum atomic E-state index is -0.896. The fraction of sp³-hybridized carbons (Fsp3) is 0.462. The third-order valence-electron chi connectivity index (χ3n) is 3.39. The minimum Gasteiger partial charge on any atom is -0.481 e. The van der Waals surface area contributed by atoms with Gasteiger partial charge in [-0.1, -0.05) is 12.1 Å². The van der Waals surface area contributed by atoms with Gasteiger partial charge in [-0.15, -0.1) is 0 Å². The molecule has 2 rings (SSSR count). The van der Waals surface area contributed by atoms with Crippen molar-refractivity contribution in [3.8, 4) is 0 Å². The first-order valence-electron chi connectivity index (χ1n) is 6.44. The number of carboxylic acids is 1. The molecule has 0 bridgehead atoms. The molecule has 114 valence electrons. The van der Waals surface area contributed by atoms with E-state index in [-0.39, 0.29) is 24.6 Å². The second kappa shape index (κ2) is 6.86. The molecule has 1 fully saturated rings. The number of rotatable bonds is 5. The maximum atomic E-state index is 14.1. The van der Waals surface area contributed by atoms with Crippen molar-refractivity contribution in [3.63, 3.8) is 0 Å². The van der Waals surface area contributed by atoms with E-state index in [2.05, 4.69) is 0 Å². The molecule has 1 saturated heterocycles. The van der Waals surface area contributed by atoms with Crippen LogP contribution in [0.3, 0.4) is 0 Å². The Morgan fingerprint density at radius 3 is 3.00 bits per heavy atom. The van der Waals surface area contributed by atoms with Gasteiger partial charge in [-0.05, 0) is 0 Å². The molecule has 0 aliphatic carbocycles. The van der Waals surface area contributed by atoms with Gasteiger partial charge in [0.2, 0.25) is 5.82 Å². The van der Waals surface area contributed by atoms with E-state index < -0.39 is 22.4 Å².